The first kappa shape index (κ1) is 11.6. The molecule has 1 aliphatic rings. The van der Waals surface area contributed by atoms with Gasteiger partial charge in [0.25, 0.3) is 0 Å². The average molecular weight is 228 g/mol. The normalized spacial score (nSPS) is 26.8. The molecule has 0 fully saturated rings. The molecule has 3 N–H and O–H groups in total. The largest absolute Gasteiger partial charge is 0.293 e. The predicted molar refractivity (Wildman–Crippen MR) is 67.9 cm³/mol. The number of carbonyl (C=O) groups is 1. The molecule has 1 aliphatic carbocycles. The van der Waals surface area contributed by atoms with E-state index in [-0.39, 0.29) is 11.8 Å². The number of hydrogen-bond donors (Lipinski definition) is 2. The molecule has 0 radical (unpaired) electrons. The van der Waals surface area contributed by atoms with E-state index in [2.05, 4.69) is 17.6 Å². The molecule has 17 heavy (non-hydrogen) atoms. The van der Waals surface area contributed by atoms with Gasteiger partial charge in [0.05, 0.1) is 5.41 Å². The Bertz CT molecular complexity index is 448. The van der Waals surface area contributed by atoms with Gasteiger partial charge in [-0.2, -0.15) is 0 Å². The lowest BCUT2D eigenvalue weighted by molar-refractivity contribution is -0.126. The summed E-state index contributed by atoms with van der Waals surface area (Å²) in [6.45, 7) is 1.84. The van der Waals surface area contributed by atoms with Crippen molar-refractivity contribution in [3.8, 4) is 0 Å². The van der Waals surface area contributed by atoms with Crippen LogP contribution in [0.5, 0.6) is 0 Å². The van der Waals surface area contributed by atoms with E-state index >= 15 is 0 Å². The fourth-order valence-corrected chi connectivity index (χ4v) is 1.93. The molecule has 0 atom stereocenters. The smallest absolute Gasteiger partial charge is 0.247 e. The maximum atomic E-state index is 11.6. The van der Waals surface area contributed by atoms with E-state index in [1.165, 1.54) is 5.56 Å². The minimum absolute atomic E-state index is 0.198. The Hall–Kier alpha value is -1.87. The molecule has 0 unspecified atom stereocenters. The first-order chi connectivity index (χ1) is 8.15. The summed E-state index contributed by atoms with van der Waals surface area (Å²) < 4.78 is 0. The molecular weight excluding hydrogens is 212 g/mol. The monoisotopic (exact) mass is 228 g/mol. The van der Waals surface area contributed by atoms with E-state index in [0.717, 1.165) is 0 Å². The molecule has 3 nitrogen and oxygen atoms in total. The topological polar surface area (TPSA) is 55.1 Å². The van der Waals surface area contributed by atoms with E-state index in [1.54, 1.807) is 0 Å². The molecule has 0 saturated carbocycles. The lowest BCUT2D eigenvalue weighted by atomic mass is 9.81. The molecule has 1 amide bonds. The first-order valence-electron chi connectivity index (χ1n) is 5.60. The maximum absolute atomic E-state index is 11.6. The van der Waals surface area contributed by atoms with Crippen LogP contribution in [0.4, 0.5) is 0 Å². The molecule has 0 spiro atoms. The zero-order valence-electron chi connectivity index (χ0n) is 9.76. The van der Waals surface area contributed by atoms with Gasteiger partial charge in [0.2, 0.25) is 5.91 Å². The van der Waals surface area contributed by atoms with Gasteiger partial charge in [-0.3, -0.25) is 10.2 Å². The van der Waals surface area contributed by atoms with Crippen molar-refractivity contribution >= 4 is 5.91 Å². The summed E-state index contributed by atoms with van der Waals surface area (Å²) in [5.41, 5.74) is 2.77. The summed E-state index contributed by atoms with van der Waals surface area (Å²) in [6, 6.07) is 10.2. The summed E-state index contributed by atoms with van der Waals surface area (Å²) in [7, 11) is 0. The minimum atomic E-state index is -0.639. The van der Waals surface area contributed by atoms with E-state index in [4.69, 9.17) is 5.84 Å². The van der Waals surface area contributed by atoms with Gasteiger partial charge < -0.3 is 0 Å². The first-order valence-corrected chi connectivity index (χ1v) is 5.60. The number of nitrogens with one attached hydrogen (secondary N) is 1. The van der Waals surface area contributed by atoms with E-state index in [0.29, 0.717) is 0 Å². The summed E-state index contributed by atoms with van der Waals surface area (Å²) in [5, 5.41) is 0. The van der Waals surface area contributed by atoms with Gasteiger partial charge in [0.15, 0.2) is 0 Å². The summed E-state index contributed by atoms with van der Waals surface area (Å²) in [4.78, 5) is 11.6. The van der Waals surface area contributed by atoms with Crippen LogP contribution in [0.3, 0.4) is 0 Å². The Balaban J connectivity index is 2.19. The lowest BCUT2D eigenvalue weighted by Gasteiger charge is -2.24. The van der Waals surface area contributed by atoms with Gasteiger partial charge in [-0.15, -0.1) is 0 Å². The van der Waals surface area contributed by atoms with E-state index < -0.39 is 5.41 Å². The lowest BCUT2D eigenvalue weighted by Crippen LogP contribution is -2.41. The third-order valence-corrected chi connectivity index (χ3v) is 3.10. The van der Waals surface area contributed by atoms with Crippen molar-refractivity contribution in [3.63, 3.8) is 0 Å². The van der Waals surface area contributed by atoms with Gasteiger partial charge in [0.1, 0.15) is 0 Å². The summed E-state index contributed by atoms with van der Waals surface area (Å²) in [6.07, 6.45) is 7.86. The van der Waals surface area contributed by atoms with Gasteiger partial charge in [-0.25, -0.2) is 5.84 Å². The summed E-state index contributed by atoms with van der Waals surface area (Å²) >= 11 is 0. The van der Waals surface area contributed by atoms with Gasteiger partial charge >= 0.3 is 0 Å². The molecule has 88 valence electrons. The molecule has 2 rings (SSSR count). The van der Waals surface area contributed by atoms with Crippen LogP contribution in [0.1, 0.15) is 18.4 Å². The quantitative estimate of drug-likeness (QED) is 0.351. The second-order valence-corrected chi connectivity index (χ2v) is 4.41. The van der Waals surface area contributed by atoms with Crippen molar-refractivity contribution in [1.82, 2.24) is 5.43 Å². The third kappa shape index (κ3) is 2.29. The maximum Gasteiger partial charge on any atom is 0.247 e. The molecule has 0 saturated heterocycles. The fraction of sp³-hybridized carbons (Fsp3) is 0.214. The van der Waals surface area contributed by atoms with Crippen molar-refractivity contribution in [1.29, 1.82) is 0 Å². The summed E-state index contributed by atoms with van der Waals surface area (Å²) in [5.74, 6) is 5.20. The Kier molecular flexibility index (Phi) is 3.11. The Morgan fingerprint density at radius 3 is 2.35 bits per heavy atom. The van der Waals surface area contributed by atoms with E-state index in [9.17, 15) is 4.79 Å². The van der Waals surface area contributed by atoms with Crippen LogP contribution in [0.2, 0.25) is 0 Å². The highest BCUT2D eigenvalue weighted by atomic mass is 16.2. The van der Waals surface area contributed by atoms with Crippen molar-refractivity contribution in [2.45, 2.75) is 12.8 Å². The average Bonchev–Trinajstić information content (AvgIpc) is 2.39. The van der Waals surface area contributed by atoms with Crippen molar-refractivity contribution in [3.05, 3.63) is 60.2 Å². The number of benzene rings is 1. The number of hydrogen-bond acceptors (Lipinski definition) is 2. The Morgan fingerprint density at radius 2 is 1.82 bits per heavy atom. The number of nitrogens with two attached hydrogens (primary N) is 1. The molecule has 1 aromatic carbocycles. The minimum Gasteiger partial charge on any atom is -0.293 e. The predicted octanol–water partition coefficient (Wildman–Crippen LogP) is 1.89. The number of hydrazine groups is 1. The van der Waals surface area contributed by atoms with E-state index in [1.807, 2.05) is 49.4 Å². The van der Waals surface area contributed by atoms with Gasteiger partial charge in [-0.1, -0.05) is 54.6 Å². The Morgan fingerprint density at radius 1 is 1.24 bits per heavy atom. The highest BCUT2D eigenvalue weighted by Gasteiger charge is 2.29. The second-order valence-electron chi connectivity index (χ2n) is 4.41. The second kappa shape index (κ2) is 4.55. The molecule has 1 aromatic rings. The van der Waals surface area contributed by atoms with Crippen molar-refractivity contribution in [2.24, 2.45) is 11.3 Å². The zero-order valence-corrected chi connectivity index (χ0v) is 9.76. The zero-order chi connectivity index (χ0) is 12.3. The van der Waals surface area contributed by atoms with Crippen LogP contribution >= 0.6 is 0 Å². The molecule has 0 aliphatic heterocycles. The highest BCUT2D eigenvalue weighted by molar-refractivity contribution is 5.86. The number of allylic oxidation sites excluding steroid dienone is 2. The number of carbonyl (C=O) groups excluding carboxylic acids is 1. The van der Waals surface area contributed by atoms with Crippen LogP contribution < -0.4 is 11.3 Å². The fourth-order valence-electron chi connectivity index (χ4n) is 1.93. The number of rotatable bonds is 2. The van der Waals surface area contributed by atoms with Gasteiger partial charge in [-0.05, 0) is 12.5 Å². The Labute approximate surface area is 101 Å². The molecule has 0 aromatic heterocycles. The highest BCUT2D eigenvalue weighted by Crippen LogP contribution is 2.31. The molecule has 0 bridgehead atoms. The van der Waals surface area contributed by atoms with Crippen LogP contribution in [0.15, 0.2) is 54.6 Å². The van der Waals surface area contributed by atoms with Crippen LogP contribution in [0.25, 0.3) is 0 Å². The SMILES string of the molecule is CC1(C(=O)NN)C=CC(c2ccccc2)C=C1. The van der Waals surface area contributed by atoms with Crippen LogP contribution in [-0.4, -0.2) is 5.91 Å². The molecular formula is C14H16N2O. The van der Waals surface area contributed by atoms with Crippen LogP contribution in [0, 0.1) is 5.41 Å². The molecule has 0 heterocycles. The van der Waals surface area contributed by atoms with Gasteiger partial charge in [0, 0.05) is 5.92 Å². The van der Waals surface area contributed by atoms with Crippen LogP contribution in [-0.2, 0) is 4.79 Å². The third-order valence-electron chi connectivity index (χ3n) is 3.10. The molecule has 3 heteroatoms. The van der Waals surface area contributed by atoms with Crippen molar-refractivity contribution < 1.29 is 4.79 Å². The number of amides is 1. The standard InChI is InChI=1S/C14H16N2O/c1-14(13(17)16-15)9-7-12(8-10-14)11-5-3-2-4-6-11/h2-10,12H,15H2,1H3,(H,16,17). The van der Waals surface area contributed by atoms with Crippen molar-refractivity contribution in [2.75, 3.05) is 0 Å².